The molecule has 2 fully saturated rings. The maximum atomic E-state index is 10.1. The lowest BCUT2D eigenvalue weighted by atomic mass is 9.83. The first kappa shape index (κ1) is 29.7. The highest BCUT2D eigenvalue weighted by molar-refractivity contribution is 7.99. The number of hydrogen-bond acceptors (Lipinski definition) is 3. The van der Waals surface area contributed by atoms with E-state index in [0.717, 1.165) is 97.4 Å². The van der Waals surface area contributed by atoms with Gasteiger partial charge in [0.05, 0.1) is 29.3 Å². The zero-order chi connectivity index (χ0) is 47.1. The molecule has 11 rings (SSSR count). The van der Waals surface area contributed by atoms with E-state index in [-0.39, 0.29) is 16.2 Å². The molecule has 0 saturated heterocycles. The van der Waals surface area contributed by atoms with Crippen molar-refractivity contribution >= 4 is 62.6 Å². The van der Waals surface area contributed by atoms with Crippen molar-refractivity contribution in [3.63, 3.8) is 0 Å². The zero-order valence-electron chi connectivity index (χ0n) is 42.3. The van der Waals surface area contributed by atoms with Crippen LogP contribution < -0.4 is 5.19 Å². The SMILES string of the molecule is [2H]C([2H])([2H])c1ccc(-c2c(C3([2H])CCCC3)ccc3c2Sc2ccccc2[Si](C)(C)C3(C)C)cc1-c1cc(-c2c(C3([2H])CCCC3)ccc3c2nc2sc4ccccc4n23)ccc1C([2H])([2H])[2H]. The Hall–Kier alpha value is -4.42. The summed E-state index contributed by atoms with van der Waals surface area (Å²) in [6.45, 7) is 4.44. The van der Waals surface area contributed by atoms with Gasteiger partial charge in [-0.15, -0.1) is 0 Å². The number of fused-ring (bicyclic) bond motifs is 7. The predicted octanol–water partition coefficient (Wildman–Crippen LogP) is 15.5. The van der Waals surface area contributed by atoms with Gasteiger partial charge in [-0.2, -0.15) is 0 Å². The number of aryl methyl sites for hydroxylation is 2. The minimum absolute atomic E-state index is 0.0583. The number of imidazole rings is 1. The van der Waals surface area contributed by atoms with E-state index in [4.69, 9.17) is 13.2 Å². The quantitative estimate of drug-likeness (QED) is 0.161. The van der Waals surface area contributed by atoms with Crippen LogP contribution in [0.25, 0.3) is 59.6 Å². The highest BCUT2D eigenvalue weighted by Crippen LogP contribution is 2.53. The van der Waals surface area contributed by atoms with Crippen molar-refractivity contribution in [2.24, 2.45) is 0 Å². The normalized spacial score (nSPS) is 21.4. The van der Waals surface area contributed by atoms with Crippen molar-refractivity contribution in [1.82, 2.24) is 9.38 Å². The van der Waals surface area contributed by atoms with Gasteiger partial charge in [0, 0.05) is 26.3 Å². The first-order valence-electron chi connectivity index (χ1n) is 25.3. The van der Waals surface area contributed by atoms with Crippen molar-refractivity contribution in [2.75, 3.05) is 0 Å². The molecule has 2 aliphatic carbocycles. The molecule has 8 aromatic rings. The zero-order valence-corrected chi connectivity index (χ0v) is 36.9. The Bertz CT molecular complexity index is 3310. The van der Waals surface area contributed by atoms with Crippen LogP contribution in [0.5, 0.6) is 0 Å². The van der Waals surface area contributed by atoms with Crippen LogP contribution >= 0.6 is 23.1 Å². The van der Waals surface area contributed by atoms with Gasteiger partial charge in [-0.1, -0.05) is 149 Å². The van der Waals surface area contributed by atoms with Gasteiger partial charge >= 0.3 is 0 Å². The third-order valence-electron chi connectivity index (χ3n) is 14.4. The van der Waals surface area contributed by atoms with E-state index in [1.54, 1.807) is 35.2 Å². The van der Waals surface area contributed by atoms with Crippen LogP contribution in [-0.4, -0.2) is 17.5 Å². The smallest absolute Gasteiger partial charge is 0.195 e. The van der Waals surface area contributed by atoms with Crippen LogP contribution in [0.2, 0.25) is 13.1 Å². The van der Waals surface area contributed by atoms with Crippen LogP contribution in [0.15, 0.2) is 119 Å². The fourth-order valence-electron chi connectivity index (χ4n) is 10.4. The van der Waals surface area contributed by atoms with Crippen molar-refractivity contribution in [2.45, 2.75) is 119 Å². The van der Waals surface area contributed by atoms with E-state index in [1.807, 2.05) is 36.4 Å². The van der Waals surface area contributed by atoms with E-state index in [9.17, 15) is 2.74 Å². The van der Waals surface area contributed by atoms with Gasteiger partial charge in [0.25, 0.3) is 0 Å². The maximum Gasteiger partial charge on any atom is 0.195 e. The molecule has 0 radical (unpaired) electrons. The number of aromatic nitrogens is 2. The van der Waals surface area contributed by atoms with Crippen molar-refractivity contribution in [1.29, 1.82) is 0 Å². The molecule has 0 amide bonds. The molecule has 0 unspecified atom stereocenters. The number of benzene rings is 6. The van der Waals surface area contributed by atoms with Gasteiger partial charge in [0.2, 0.25) is 0 Å². The van der Waals surface area contributed by atoms with Gasteiger partial charge in [-0.3, -0.25) is 4.40 Å². The van der Waals surface area contributed by atoms with E-state index in [0.29, 0.717) is 29.5 Å². The van der Waals surface area contributed by atoms with E-state index < -0.39 is 33.6 Å². The second kappa shape index (κ2) is 14.1. The fourth-order valence-corrected chi connectivity index (χ4v) is 16.6. The van der Waals surface area contributed by atoms with Gasteiger partial charge in [0.15, 0.2) is 4.96 Å². The predicted molar refractivity (Wildman–Crippen MR) is 257 cm³/mol. The molecule has 0 atom stereocenters. The third-order valence-corrected chi connectivity index (χ3v) is 21.9. The van der Waals surface area contributed by atoms with Gasteiger partial charge in [-0.25, -0.2) is 4.98 Å². The summed E-state index contributed by atoms with van der Waals surface area (Å²) in [6.07, 6.45) is 6.63. The Kier molecular flexibility index (Phi) is 7.10. The number of rotatable bonds is 5. The number of hydrogen-bond donors (Lipinski definition) is 0. The van der Waals surface area contributed by atoms with Crippen molar-refractivity contribution in [3.8, 4) is 33.4 Å². The monoisotopic (exact) mass is 830 g/mol. The van der Waals surface area contributed by atoms with Crippen LogP contribution in [0.3, 0.4) is 0 Å². The molecular formula is C54H54N2S2Si. The van der Waals surface area contributed by atoms with Crippen molar-refractivity contribution in [3.05, 3.63) is 137 Å². The third kappa shape index (κ3) is 5.81. The Labute approximate surface area is 370 Å². The van der Waals surface area contributed by atoms with Crippen LogP contribution in [-0.2, 0) is 5.04 Å². The first-order chi connectivity index (χ1) is 31.7. The molecule has 2 saturated carbocycles. The number of nitrogens with zero attached hydrogens (tertiary/aromatic N) is 2. The molecule has 0 spiro atoms. The largest absolute Gasteiger partial charge is 0.283 e. The summed E-state index contributed by atoms with van der Waals surface area (Å²) in [4.78, 5) is 8.42. The maximum absolute atomic E-state index is 10.1. The van der Waals surface area contributed by atoms with Crippen LogP contribution in [0.1, 0.15) is 116 Å². The topological polar surface area (TPSA) is 17.3 Å². The summed E-state index contributed by atoms with van der Waals surface area (Å²) in [5.74, 6) is -1.71. The first-order valence-corrected chi connectivity index (χ1v) is 25.9. The molecule has 3 aliphatic rings. The fraction of sp³-hybridized carbons (Fsp3) is 0.315. The number of thiazole rings is 1. The second-order valence-electron chi connectivity index (χ2n) is 18.0. The average Bonchev–Trinajstić information content (AvgIpc) is 4.09. The van der Waals surface area contributed by atoms with Gasteiger partial charge < -0.3 is 0 Å². The molecule has 3 heterocycles. The molecule has 59 heavy (non-hydrogen) atoms. The molecule has 6 aromatic carbocycles. The molecule has 2 nitrogen and oxygen atoms in total. The Morgan fingerprint density at radius 3 is 2.00 bits per heavy atom. The summed E-state index contributed by atoms with van der Waals surface area (Å²) in [7, 11) is -2.18. The van der Waals surface area contributed by atoms with E-state index in [2.05, 4.69) is 92.0 Å². The van der Waals surface area contributed by atoms with Gasteiger partial charge in [0.1, 0.15) is 0 Å². The summed E-state index contributed by atoms with van der Waals surface area (Å²) < 4.78 is 77.0. The van der Waals surface area contributed by atoms with Crippen molar-refractivity contribution < 1.29 is 11.0 Å². The minimum Gasteiger partial charge on any atom is -0.283 e. The molecule has 5 heteroatoms. The standard InChI is InChI=1S/C54H54N2S2Si/c1-33-23-25-37(49-39(35-15-7-8-16-35)28-30-45-51(49)55-53-56(45)44-19-11-12-20-46(44)58-53)31-41(33)42-32-38(26-24-34(42)2)50-40(36-17-9-10-18-36)27-29-43-52(50)57-47-21-13-14-22-48(47)59(5,6)54(43,3)4/h11-14,19-32,35-36H,7-10,15-18H2,1-6H3/i1D3,2D3,35D,36D. The molecular weight excluding hydrogens is 769 g/mol. The summed E-state index contributed by atoms with van der Waals surface area (Å²) in [6, 6.07) is 36.5. The molecule has 0 N–H and O–H groups in total. The average molecular weight is 831 g/mol. The Balaban J connectivity index is 1.21. The lowest BCUT2D eigenvalue weighted by molar-refractivity contribution is 0.697. The summed E-state index contributed by atoms with van der Waals surface area (Å²) in [5.41, 5.74) is 9.68. The molecule has 296 valence electrons. The summed E-state index contributed by atoms with van der Waals surface area (Å²) in [5, 5.41) is 1.17. The van der Waals surface area contributed by atoms with Crippen LogP contribution in [0.4, 0.5) is 0 Å². The highest BCUT2D eigenvalue weighted by Gasteiger charge is 2.47. The Morgan fingerprint density at radius 2 is 1.31 bits per heavy atom. The van der Waals surface area contributed by atoms with Crippen LogP contribution in [0, 0.1) is 13.7 Å². The molecule has 1 aliphatic heterocycles. The molecule has 2 aromatic heterocycles. The van der Waals surface area contributed by atoms with E-state index in [1.165, 1.54) is 15.6 Å². The lowest BCUT2D eigenvalue weighted by Gasteiger charge is -2.41. The van der Waals surface area contributed by atoms with Gasteiger partial charge in [-0.05, 0) is 153 Å². The van der Waals surface area contributed by atoms with E-state index >= 15 is 0 Å². The highest BCUT2D eigenvalue weighted by atomic mass is 32.2. The second-order valence-corrected chi connectivity index (χ2v) is 25.1. The lowest BCUT2D eigenvalue weighted by Crippen LogP contribution is -2.57. The molecule has 0 bridgehead atoms. The summed E-state index contributed by atoms with van der Waals surface area (Å²) >= 11 is 3.37. The number of para-hydroxylation sites is 1. The minimum atomic E-state index is -2.59. The Morgan fingerprint density at radius 1 is 0.695 bits per heavy atom.